The van der Waals surface area contributed by atoms with Crippen molar-refractivity contribution in [2.75, 3.05) is 17.4 Å². The van der Waals surface area contributed by atoms with Crippen molar-refractivity contribution in [1.82, 2.24) is 10.2 Å². The number of nitrogens with one attached hydrogen (secondary N) is 1. The molecule has 0 aromatic heterocycles. The first-order chi connectivity index (χ1) is 19.3. The first-order valence-electron chi connectivity index (χ1n) is 12.9. The van der Waals surface area contributed by atoms with Gasteiger partial charge in [-0.2, -0.15) is 0 Å². The quantitative estimate of drug-likeness (QED) is 0.225. The lowest BCUT2D eigenvalue weighted by Gasteiger charge is -2.33. The number of nitrogens with zero attached hydrogens (tertiary/aromatic N) is 2. The highest BCUT2D eigenvalue weighted by atomic mass is 35.5. The topological polar surface area (TPSA) is 86.8 Å². The highest BCUT2D eigenvalue weighted by Gasteiger charge is 2.34. The molecule has 0 heterocycles. The summed E-state index contributed by atoms with van der Waals surface area (Å²) in [5.41, 5.74) is 0.685. The van der Waals surface area contributed by atoms with Gasteiger partial charge in [0.05, 0.1) is 20.6 Å². The number of carbonyl (C=O) groups is 2. The molecule has 2 amide bonds. The monoisotopic (exact) mass is 657 g/mol. The summed E-state index contributed by atoms with van der Waals surface area (Å²) in [5.74, 6) is -0.785. The van der Waals surface area contributed by atoms with Gasteiger partial charge in [-0.15, -0.1) is 0 Å². The van der Waals surface area contributed by atoms with E-state index in [4.69, 9.17) is 46.4 Å². The van der Waals surface area contributed by atoms with Crippen LogP contribution in [0.4, 0.5) is 5.69 Å². The van der Waals surface area contributed by atoms with Crippen molar-refractivity contribution in [2.24, 2.45) is 5.92 Å². The minimum Gasteiger partial charge on any atom is -0.354 e. The molecule has 41 heavy (non-hydrogen) atoms. The van der Waals surface area contributed by atoms with Gasteiger partial charge in [0, 0.05) is 23.1 Å². The molecule has 0 spiro atoms. The number of halogens is 4. The molecule has 0 aliphatic rings. The highest BCUT2D eigenvalue weighted by molar-refractivity contribution is 7.92. The summed E-state index contributed by atoms with van der Waals surface area (Å²) in [6.45, 7) is 5.44. The Hall–Kier alpha value is -2.49. The third-order valence-electron chi connectivity index (χ3n) is 6.23. The van der Waals surface area contributed by atoms with E-state index in [0.29, 0.717) is 22.2 Å². The lowest BCUT2D eigenvalue weighted by molar-refractivity contribution is -0.140. The zero-order valence-corrected chi connectivity index (χ0v) is 26.6. The number of anilines is 1. The first kappa shape index (κ1) is 33.0. The molecule has 7 nitrogen and oxygen atoms in total. The average Bonchev–Trinajstić information content (AvgIpc) is 2.93. The molecule has 1 atom stereocenters. The third-order valence-corrected chi connectivity index (χ3v) is 9.34. The molecule has 12 heteroatoms. The van der Waals surface area contributed by atoms with Crippen molar-refractivity contribution < 1.29 is 18.0 Å². The van der Waals surface area contributed by atoms with Gasteiger partial charge < -0.3 is 10.2 Å². The van der Waals surface area contributed by atoms with Gasteiger partial charge >= 0.3 is 0 Å². The summed E-state index contributed by atoms with van der Waals surface area (Å²) in [7, 11) is -4.23. The zero-order valence-electron chi connectivity index (χ0n) is 22.8. The lowest BCUT2D eigenvalue weighted by Crippen LogP contribution is -2.52. The van der Waals surface area contributed by atoms with Crippen LogP contribution in [0.5, 0.6) is 0 Å². The van der Waals surface area contributed by atoms with Crippen molar-refractivity contribution in [3.63, 3.8) is 0 Å². The van der Waals surface area contributed by atoms with Gasteiger partial charge in [-0.25, -0.2) is 8.42 Å². The van der Waals surface area contributed by atoms with Gasteiger partial charge in [0.1, 0.15) is 12.6 Å². The molecule has 1 N–H and O–H groups in total. The predicted molar refractivity (Wildman–Crippen MR) is 166 cm³/mol. The first-order valence-corrected chi connectivity index (χ1v) is 15.8. The van der Waals surface area contributed by atoms with Crippen LogP contribution in [0.1, 0.15) is 32.8 Å². The van der Waals surface area contributed by atoms with E-state index in [0.717, 1.165) is 4.31 Å². The van der Waals surface area contributed by atoms with E-state index in [1.165, 1.54) is 35.2 Å². The summed E-state index contributed by atoms with van der Waals surface area (Å²) >= 11 is 24.8. The summed E-state index contributed by atoms with van der Waals surface area (Å²) in [4.78, 5) is 28.7. The van der Waals surface area contributed by atoms with Crippen LogP contribution in [-0.2, 0) is 26.2 Å². The molecular formula is C29H31Cl4N3O4S. The molecular weight excluding hydrogens is 628 g/mol. The number of carbonyl (C=O) groups excluding carboxylic acids is 2. The largest absolute Gasteiger partial charge is 0.354 e. The minimum absolute atomic E-state index is 0.0205. The number of rotatable bonds is 12. The second-order valence-electron chi connectivity index (χ2n) is 9.74. The number of hydrogen-bond acceptors (Lipinski definition) is 4. The summed E-state index contributed by atoms with van der Waals surface area (Å²) in [6, 6.07) is 16.0. The molecule has 0 aliphatic heterocycles. The Morgan fingerprint density at radius 1 is 0.878 bits per heavy atom. The van der Waals surface area contributed by atoms with Crippen LogP contribution in [0.15, 0.2) is 71.6 Å². The van der Waals surface area contributed by atoms with Crippen molar-refractivity contribution in [1.29, 1.82) is 0 Å². The molecule has 3 aromatic rings. The van der Waals surface area contributed by atoms with Crippen LogP contribution >= 0.6 is 46.4 Å². The van der Waals surface area contributed by atoms with Gasteiger partial charge in [-0.1, -0.05) is 91.4 Å². The Morgan fingerprint density at radius 2 is 1.56 bits per heavy atom. The number of hydrogen-bond donors (Lipinski definition) is 1. The smallest absolute Gasteiger partial charge is 0.264 e. The fourth-order valence-electron chi connectivity index (χ4n) is 4.06. The fourth-order valence-corrected chi connectivity index (χ4v) is 6.25. The van der Waals surface area contributed by atoms with Gasteiger partial charge in [0.15, 0.2) is 0 Å². The van der Waals surface area contributed by atoms with Crippen LogP contribution in [0, 0.1) is 5.92 Å². The standard InChI is InChI=1S/C29H31Cl4N3O4S/c1-4-27(29(38)34-16-19(2)3)35(17-20-10-11-21(30)14-25(20)32)28(37)18-36(22-12-13-24(31)26(33)15-22)41(39,40)23-8-6-5-7-9-23/h5-15,19,27H,4,16-18H2,1-3H3,(H,34,38)/t27-/m1/s1. The van der Waals surface area contributed by atoms with Crippen molar-refractivity contribution >= 4 is 73.9 Å². The molecule has 0 fully saturated rings. The molecule has 0 saturated carbocycles. The van der Waals surface area contributed by atoms with Gasteiger partial charge in [-0.05, 0) is 60.4 Å². The van der Waals surface area contributed by atoms with Gasteiger partial charge in [0.25, 0.3) is 10.0 Å². The normalized spacial score (nSPS) is 12.2. The van der Waals surface area contributed by atoms with E-state index in [2.05, 4.69) is 5.32 Å². The predicted octanol–water partition coefficient (Wildman–Crippen LogP) is 7.08. The maximum atomic E-state index is 14.1. The molecule has 0 aliphatic carbocycles. The molecule has 220 valence electrons. The number of benzene rings is 3. The Morgan fingerprint density at radius 3 is 2.15 bits per heavy atom. The fraction of sp³-hybridized carbons (Fsp3) is 0.310. The van der Waals surface area contributed by atoms with Crippen LogP contribution in [0.25, 0.3) is 0 Å². The van der Waals surface area contributed by atoms with Crippen molar-refractivity contribution in [3.05, 3.63) is 92.4 Å². The summed E-state index contributed by atoms with van der Waals surface area (Å²) in [6.07, 6.45) is 0.277. The van der Waals surface area contributed by atoms with E-state index in [1.54, 1.807) is 43.3 Å². The van der Waals surface area contributed by atoms with Crippen LogP contribution in [-0.4, -0.2) is 44.3 Å². The molecule has 0 saturated heterocycles. The molecule has 0 radical (unpaired) electrons. The van der Waals surface area contributed by atoms with Gasteiger partial charge in [0.2, 0.25) is 11.8 Å². The second-order valence-corrected chi connectivity index (χ2v) is 13.3. The van der Waals surface area contributed by atoms with Crippen LogP contribution in [0.3, 0.4) is 0 Å². The third kappa shape index (κ3) is 8.52. The maximum absolute atomic E-state index is 14.1. The van der Waals surface area contributed by atoms with E-state index < -0.39 is 28.5 Å². The second kappa shape index (κ2) is 14.6. The zero-order chi connectivity index (χ0) is 30.3. The van der Waals surface area contributed by atoms with E-state index in [9.17, 15) is 18.0 Å². The minimum atomic E-state index is -4.23. The Labute approximate surface area is 261 Å². The summed E-state index contributed by atoms with van der Waals surface area (Å²) in [5, 5.41) is 3.95. The number of amides is 2. The highest BCUT2D eigenvalue weighted by Crippen LogP contribution is 2.31. The number of sulfonamides is 1. The Balaban J connectivity index is 2.08. The average molecular weight is 659 g/mol. The van der Waals surface area contributed by atoms with E-state index >= 15 is 0 Å². The van der Waals surface area contributed by atoms with Crippen LogP contribution < -0.4 is 9.62 Å². The van der Waals surface area contributed by atoms with E-state index in [1.807, 2.05) is 13.8 Å². The van der Waals surface area contributed by atoms with Crippen LogP contribution in [0.2, 0.25) is 20.1 Å². The van der Waals surface area contributed by atoms with Gasteiger partial charge in [-0.3, -0.25) is 13.9 Å². The van der Waals surface area contributed by atoms with Crippen molar-refractivity contribution in [3.8, 4) is 0 Å². The molecule has 3 rings (SSSR count). The molecule has 3 aromatic carbocycles. The maximum Gasteiger partial charge on any atom is 0.264 e. The molecule has 0 unspecified atom stereocenters. The van der Waals surface area contributed by atoms with E-state index in [-0.39, 0.29) is 45.4 Å². The Bertz CT molecular complexity index is 1490. The Kier molecular flexibility index (Phi) is 11.8. The van der Waals surface area contributed by atoms with Crippen molar-refractivity contribution in [2.45, 2.75) is 44.7 Å². The lowest BCUT2D eigenvalue weighted by atomic mass is 10.1. The summed E-state index contributed by atoms with van der Waals surface area (Å²) < 4.78 is 28.7. The SMILES string of the molecule is CC[C@H](C(=O)NCC(C)C)N(Cc1ccc(Cl)cc1Cl)C(=O)CN(c1ccc(Cl)c(Cl)c1)S(=O)(=O)c1ccccc1. The molecule has 0 bridgehead atoms.